The normalized spacial score (nSPS) is 17.9. The number of nitrogens with zero attached hydrogens (tertiary/aromatic N) is 4. The van der Waals surface area contributed by atoms with Crippen LogP contribution in [0.1, 0.15) is 67.2 Å². The Bertz CT molecular complexity index is 1160. The maximum Gasteiger partial charge on any atom is 0.335 e. The van der Waals surface area contributed by atoms with E-state index in [0.717, 1.165) is 25.7 Å². The van der Waals surface area contributed by atoms with Gasteiger partial charge in [0.05, 0.1) is 25.1 Å². The van der Waals surface area contributed by atoms with Crippen molar-refractivity contribution in [3.8, 4) is 0 Å². The molecule has 0 spiro atoms. The van der Waals surface area contributed by atoms with E-state index in [1.807, 2.05) is 0 Å². The van der Waals surface area contributed by atoms with E-state index in [0.29, 0.717) is 17.7 Å². The lowest BCUT2D eigenvalue weighted by atomic mass is 10.1. The maximum absolute atomic E-state index is 14.0. The van der Waals surface area contributed by atoms with Crippen molar-refractivity contribution in [2.45, 2.75) is 104 Å². The Balaban J connectivity index is 1.71. The lowest BCUT2D eigenvalue weighted by Crippen LogP contribution is -2.48. The van der Waals surface area contributed by atoms with Crippen molar-refractivity contribution in [1.82, 2.24) is 24.6 Å². The molecule has 3 unspecified atom stereocenters. The van der Waals surface area contributed by atoms with E-state index < -0.39 is 43.6 Å². The number of imidazole rings is 1. The SMILES string of the molecule is CC(C)OC(=O)C(C)(C)NP(=O)(COC(C)Cn1cnc2c(N)ncnc21)OC(C)C(=O)OC1CCCC1. The molecule has 1 fully saturated rings. The Morgan fingerprint density at radius 3 is 2.53 bits per heavy atom. The van der Waals surface area contributed by atoms with Gasteiger partial charge in [-0.25, -0.2) is 24.8 Å². The van der Waals surface area contributed by atoms with Crippen LogP contribution in [0.5, 0.6) is 0 Å². The number of nitrogens with two attached hydrogens (primary N) is 1. The number of nitrogens with one attached hydrogen (secondary N) is 1. The van der Waals surface area contributed by atoms with Crippen LogP contribution < -0.4 is 10.8 Å². The highest BCUT2D eigenvalue weighted by atomic mass is 31.2. The van der Waals surface area contributed by atoms with Crippen LogP contribution in [-0.4, -0.2) is 67.8 Å². The second-order valence-electron chi connectivity index (χ2n) is 10.4. The highest BCUT2D eigenvalue weighted by Crippen LogP contribution is 2.46. The maximum atomic E-state index is 14.0. The molecule has 3 N–H and O–H groups in total. The predicted molar refractivity (Wildman–Crippen MR) is 140 cm³/mol. The fourth-order valence-corrected chi connectivity index (χ4v) is 6.24. The average molecular weight is 555 g/mol. The number of carbonyl (C=O) groups is 2. The van der Waals surface area contributed by atoms with E-state index in [1.165, 1.54) is 27.1 Å². The third-order valence-corrected chi connectivity index (χ3v) is 8.01. The first-order valence-corrected chi connectivity index (χ1v) is 14.6. The molecule has 212 valence electrons. The number of rotatable bonds is 13. The molecule has 0 radical (unpaired) electrons. The Morgan fingerprint density at radius 1 is 1.18 bits per heavy atom. The van der Waals surface area contributed by atoms with Crippen molar-refractivity contribution in [3.05, 3.63) is 12.7 Å². The van der Waals surface area contributed by atoms with Crippen LogP contribution in [0, 0.1) is 0 Å². The number of nitrogen functional groups attached to an aromatic ring is 1. The van der Waals surface area contributed by atoms with E-state index in [-0.39, 0.29) is 18.0 Å². The van der Waals surface area contributed by atoms with E-state index in [4.69, 9.17) is 24.5 Å². The highest BCUT2D eigenvalue weighted by molar-refractivity contribution is 7.56. The van der Waals surface area contributed by atoms with Crippen molar-refractivity contribution in [2.24, 2.45) is 0 Å². The lowest BCUT2D eigenvalue weighted by molar-refractivity contribution is -0.156. The molecule has 1 saturated carbocycles. The summed E-state index contributed by atoms with van der Waals surface area (Å²) in [6.45, 7) is 10.0. The number of hydrogen-bond acceptors (Lipinski definition) is 11. The van der Waals surface area contributed by atoms with Gasteiger partial charge in [0, 0.05) is 0 Å². The van der Waals surface area contributed by atoms with Crippen LogP contribution in [0.15, 0.2) is 12.7 Å². The standard InChI is InChI=1S/C24H39N6O7P/c1-15(2)35-23(32)24(5,6)29-38(33,37-17(4)22(31)36-18-9-7-8-10-18)14-34-16(3)11-30-13-28-19-20(25)26-12-27-21(19)30/h12-13,15-18H,7-11,14H2,1-6H3,(H,29,33)(H2,25,26,27). The third-order valence-electron chi connectivity index (χ3n) is 5.96. The Kier molecular flexibility index (Phi) is 9.85. The molecule has 14 heteroatoms. The molecule has 2 heterocycles. The van der Waals surface area contributed by atoms with Crippen LogP contribution in [0.4, 0.5) is 5.82 Å². The molecule has 2 aromatic rings. The van der Waals surface area contributed by atoms with Gasteiger partial charge in [0.2, 0.25) is 0 Å². The van der Waals surface area contributed by atoms with Crippen molar-refractivity contribution < 1.29 is 32.9 Å². The van der Waals surface area contributed by atoms with Crippen molar-refractivity contribution in [3.63, 3.8) is 0 Å². The molecular weight excluding hydrogens is 515 g/mol. The predicted octanol–water partition coefficient (Wildman–Crippen LogP) is 3.17. The molecule has 3 rings (SSSR count). The summed E-state index contributed by atoms with van der Waals surface area (Å²) in [6, 6.07) is 0. The van der Waals surface area contributed by atoms with Gasteiger partial charge in [0.25, 0.3) is 7.52 Å². The summed E-state index contributed by atoms with van der Waals surface area (Å²) in [5, 5.41) is 2.78. The summed E-state index contributed by atoms with van der Waals surface area (Å²) in [5.41, 5.74) is 5.47. The van der Waals surface area contributed by atoms with Gasteiger partial charge in [-0.3, -0.25) is 9.36 Å². The minimum Gasteiger partial charge on any atom is -0.462 e. The smallest absolute Gasteiger partial charge is 0.335 e. The summed E-state index contributed by atoms with van der Waals surface area (Å²) in [4.78, 5) is 37.7. The summed E-state index contributed by atoms with van der Waals surface area (Å²) in [5.74, 6) is -0.970. The molecule has 2 aromatic heterocycles. The Hall–Kier alpha value is -2.60. The van der Waals surface area contributed by atoms with Gasteiger partial charge in [-0.15, -0.1) is 0 Å². The van der Waals surface area contributed by atoms with Gasteiger partial charge in [0.15, 0.2) is 17.6 Å². The number of ether oxygens (including phenoxy) is 3. The van der Waals surface area contributed by atoms with Crippen molar-refractivity contribution in [1.29, 1.82) is 0 Å². The first-order chi connectivity index (χ1) is 17.8. The zero-order valence-corrected chi connectivity index (χ0v) is 23.8. The van der Waals surface area contributed by atoms with Crippen LogP contribution in [0.2, 0.25) is 0 Å². The van der Waals surface area contributed by atoms with Gasteiger partial charge in [0.1, 0.15) is 29.8 Å². The summed E-state index contributed by atoms with van der Waals surface area (Å²) < 4.78 is 38.2. The van der Waals surface area contributed by atoms with Crippen LogP contribution in [0.25, 0.3) is 11.2 Å². The third kappa shape index (κ3) is 7.95. The van der Waals surface area contributed by atoms with E-state index in [9.17, 15) is 14.2 Å². The van der Waals surface area contributed by atoms with E-state index in [2.05, 4.69) is 20.0 Å². The van der Waals surface area contributed by atoms with E-state index >= 15 is 0 Å². The van der Waals surface area contributed by atoms with Crippen LogP contribution in [0.3, 0.4) is 0 Å². The molecule has 13 nitrogen and oxygen atoms in total. The first kappa shape index (κ1) is 29.9. The van der Waals surface area contributed by atoms with Gasteiger partial charge in [-0.2, -0.15) is 0 Å². The summed E-state index contributed by atoms with van der Waals surface area (Å²) in [6.07, 6.45) is 3.90. The lowest BCUT2D eigenvalue weighted by Gasteiger charge is -2.32. The monoisotopic (exact) mass is 554 g/mol. The second-order valence-corrected chi connectivity index (χ2v) is 12.4. The van der Waals surface area contributed by atoms with Crippen molar-refractivity contribution >= 4 is 36.4 Å². The van der Waals surface area contributed by atoms with E-state index in [1.54, 1.807) is 31.7 Å². The number of hydrogen-bond donors (Lipinski definition) is 2. The fourth-order valence-electron chi connectivity index (χ4n) is 4.07. The first-order valence-electron chi connectivity index (χ1n) is 12.8. The fraction of sp³-hybridized carbons (Fsp3) is 0.708. The van der Waals surface area contributed by atoms with Gasteiger partial charge in [-0.1, -0.05) is 0 Å². The van der Waals surface area contributed by atoms with Crippen molar-refractivity contribution in [2.75, 3.05) is 12.1 Å². The highest BCUT2D eigenvalue weighted by Gasteiger charge is 2.41. The minimum atomic E-state index is -3.94. The van der Waals surface area contributed by atoms with Crippen LogP contribution in [-0.2, 0) is 39.4 Å². The van der Waals surface area contributed by atoms with Gasteiger partial charge in [-0.05, 0) is 67.2 Å². The number of esters is 2. The average Bonchev–Trinajstić information content (AvgIpc) is 3.48. The quantitative estimate of drug-likeness (QED) is 0.274. The number of anilines is 1. The number of fused-ring (bicyclic) bond motifs is 1. The molecule has 1 aliphatic carbocycles. The molecule has 1 aliphatic rings. The zero-order chi connectivity index (χ0) is 28.1. The second kappa shape index (κ2) is 12.5. The largest absolute Gasteiger partial charge is 0.462 e. The molecule has 0 amide bonds. The molecule has 0 bridgehead atoms. The molecule has 3 atom stereocenters. The summed E-state index contributed by atoms with van der Waals surface area (Å²) in [7, 11) is -3.94. The zero-order valence-electron chi connectivity index (χ0n) is 22.9. The number of aromatic nitrogens is 4. The molecule has 38 heavy (non-hydrogen) atoms. The topological polar surface area (TPSA) is 170 Å². The minimum absolute atomic E-state index is 0.169. The molecular formula is C24H39N6O7P. The Labute approximate surface area is 222 Å². The Morgan fingerprint density at radius 2 is 1.87 bits per heavy atom. The summed E-state index contributed by atoms with van der Waals surface area (Å²) >= 11 is 0. The molecule has 0 saturated heterocycles. The molecule has 0 aliphatic heterocycles. The number of carbonyl (C=O) groups excluding carboxylic acids is 2. The van der Waals surface area contributed by atoms with Crippen LogP contribution >= 0.6 is 7.52 Å². The van der Waals surface area contributed by atoms with Gasteiger partial charge >= 0.3 is 11.9 Å². The molecule has 0 aromatic carbocycles. The van der Waals surface area contributed by atoms with Gasteiger partial charge < -0.3 is 29.0 Å².